The van der Waals surface area contributed by atoms with E-state index in [9.17, 15) is 5.26 Å². The third kappa shape index (κ3) is 5.18. The maximum Gasteiger partial charge on any atom is 0.176 e. The number of aromatic nitrogens is 2. The number of hydrogen-bond donors (Lipinski definition) is 3. The van der Waals surface area contributed by atoms with Crippen LogP contribution in [0.25, 0.3) is 0 Å². The molecule has 0 saturated carbocycles. The number of ether oxygens (including phenoxy) is 2. The number of fused-ring (bicyclic) bond motifs is 1. The van der Waals surface area contributed by atoms with Gasteiger partial charge >= 0.3 is 0 Å². The van der Waals surface area contributed by atoms with Crippen molar-refractivity contribution in [2.75, 3.05) is 25.4 Å². The largest absolute Gasteiger partial charge is 0.485 e. The molecule has 0 amide bonds. The van der Waals surface area contributed by atoms with Gasteiger partial charge in [0.15, 0.2) is 6.23 Å². The van der Waals surface area contributed by atoms with Gasteiger partial charge in [-0.05, 0) is 87.5 Å². The molecule has 0 unspecified atom stereocenters. The minimum atomic E-state index is -0.756. The minimum Gasteiger partial charge on any atom is -0.485 e. The molecule has 1 atom stereocenters. The van der Waals surface area contributed by atoms with E-state index in [-0.39, 0.29) is 11.3 Å². The number of anilines is 1. The second-order valence-electron chi connectivity index (χ2n) is 10.5. The summed E-state index contributed by atoms with van der Waals surface area (Å²) in [5.41, 5.74) is 18.0. The lowest BCUT2D eigenvalue weighted by Gasteiger charge is -2.44. The highest BCUT2D eigenvalue weighted by Crippen LogP contribution is 2.42. The van der Waals surface area contributed by atoms with Gasteiger partial charge in [0.1, 0.15) is 23.2 Å². The van der Waals surface area contributed by atoms with E-state index in [2.05, 4.69) is 28.1 Å². The van der Waals surface area contributed by atoms with Gasteiger partial charge in [0.05, 0.1) is 23.2 Å². The van der Waals surface area contributed by atoms with Crippen LogP contribution in [0.15, 0.2) is 36.5 Å². The summed E-state index contributed by atoms with van der Waals surface area (Å²) in [6.45, 7) is 8.99. The van der Waals surface area contributed by atoms with Gasteiger partial charge in [-0.25, -0.2) is 0 Å². The summed E-state index contributed by atoms with van der Waals surface area (Å²) >= 11 is 0. The lowest BCUT2D eigenvalue weighted by molar-refractivity contribution is -0.0134. The van der Waals surface area contributed by atoms with Crippen LogP contribution < -0.4 is 20.9 Å². The molecule has 1 fully saturated rings. The van der Waals surface area contributed by atoms with Gasteiger partial charge in [-0.2, -0.15) is 15.5 Å². The number of likely N-dealkylation sites (tertiary alicyclic amines) is 1. The van der Waals surface area contributed by atoms with E-state index < -0.39 is 6.23 Å². The first-order valence-corrected chi connectivity index (χ1v) is 13.4. The van der Waals surface area contributed by atoms with Crippen LogP contribution in [-0.4, -0.2) is 46.0 Å². The van der Waals surface area contributed by atoms with Crippen molar-refractivity contribution < 1.29 is 9.47 Å². The van der Waals surface area contributed by atoms with E-state index in [1.807, 2.05) is 19.9 Å². The monoisotopic (exact) mass is 525 g/mol. The predicted octanol–water partition coefficient (Wildman–Crippen LogP) is 4.18. The molecule has 0 bridgehead atoms. The number of nitrogen functional groups attached to an aromatic ring is 1. The molecular weight excluding hydrogens is 490 g/mol. The van der Waals surface area contributed by atoms with Crippen LogP contribution in [0.1, 0.15) is 71.5 Å². The average Bonchev–Trinajstić information content (AvgIpc) is 2.93. The Morgan fingerprint density at radius 1 is 1.23 bits per heavy atom. The molecule has 3 heterocycles. The molecule has 1 spiro atoms. The molecule has 5 rings (SSSR count). The average molecular weight is 526 g/mol. The number of nitrogens with zero attached hydrogens (tertiary/aromatic N) is 4. The quantitative estimate of drug-likeness (QED) is 0.247. The zero-order valence-corrected chi connectivity index (χ0v) is 22.8. The molecule has 2 aromatic carbocycles. The Hall–Kier alpha value is -4.00. The van der Waals surface area contributed by atoms with Gasteiger partial charge in [-0.15, -0.1) is 0 Å². The molecule has 2 aliphatic rings. The van der Waals surface area contributed by atoms with Gasteiger partial charge in [-0.1, -0.05) is 6.92 Å². The van der Waals surface area contributed by atoms with Crippen molar-refractivity contribution in [3.8, 4) is 17.6 Å². The highest BCUT2D eigenvalue weighted by molar-refractivity contribution is 6.14. The fourth-order valence-electron chi connectivity index (χ4n) is 5.71. The Labute approximate surface area is 229 Å². The van der Waals surface area contributed by atoms with Crippen LogP contribution >= 0.6 is 0 Å². The number of nitrogens with two attached hydrogens (primary N) is 2. The Kier molecular flexibility index (Phi) is 7.25. The summed E-state index contributed by atoms with van der Waals surface area (Å²) < 4.78 is 12.6. The summed E-state index contributed by atoms with van der Waals surface area (Å²) in [7, 11) is 0. The summed E-state index contributed by atoms with van der Waals surface area (Å²) in [6.07, 6.45) is 4.53. The molecule has 3 aromatic rings. The Balaban J connectivity index is 1.40. The van der Waals surface area contributed by atoms with Crippen molar-refractivity contribution in [2.45, 2.75) is 58.3 Å². The van der Waals surface area contributed by atoms with E-state index in [0.717, 1.165) is 62.0 Å². The molecule has 2 aliphatic heterocycles. The summed E-state index contributed by atoms with van der Waals surface area (Å²) in [5.74, 6) is 1.15. The van der Waals surface area contributed by atoms with Crippen LogP contribution in [-0.2, 0) is 6.42 Å². The van der Waals surface area contributed by atoms with Crippen LogP contribution in [0.2, 0.25) is 0 Å². The molecule has 0 aliphatic carbocycles. The number of piperidine rings is 1. The fourth-order valence-corrected chi connectivity index (χ4v) is 5.71. The van der Waals surface area contributed by atoms with Crippen LogP contribution in [0, 0.1) is 30.6 Å². The van der Waals surface area contributed by atoms with Crippen LogP contribution in [0.3, 0.4) is 0 Å². The van der Waals surface area contributed by atoms with Crippen molar-refractivity contribution in [3.05, 3.63) is 75.6 Å². The highest BCUT2D eigenvalue weighted by Gasteiger charge is 2.40. The molecule has 5 N–H and O–H groups in total. The van der Waals surface area contributed by atoms with Gasteiger partial charge < -0.3 is 20.1 Å². The van der Waals surface area contributed by atoms with E-state index in [1.54, 1.807) is 30.5 Å². The molecule has 39 heavy (non-hydrogen) atoms. The van der Waals surface area contributed by atoms with Crippen LogP contribution in [0.5, 0.6) is 11.5 Å². The van der Waals surface area contributed by atoms with Crippen molar-refractivity contribution >= 4 is 11.4 Å². The minimum absolute atomic E-state index is 0.209. The van der Waals surface area contributed by atoms with Crippen LogP contribution in [0.4, 0.5) is 5.69 Å². The molecular formula is C30H35N7O2. The number of benzene rings is 2. The first kappa shape index (κ1) is 26.6. The standard InChI is InChI=1S/C30H35N7O2/c1-4-37-11-9-30(10-12-37)8-7-20-13-21(14-22(16-31)28(20)39-30)27(33)24-15-23(5-6-25(24)32)38-29(34)26-18(2)17-35-36-19(26)3/h5-6,13-15,17,29,33H,4,7-12,32,34H2,1-3H3/t29-/m0/s1. The third-order valence-corrected chi connectivity index (χ3v) is 8.07. The van der Waals surface area contributed by atoms with Gasteiger partial charge in [0.25, 0.3) is 0 Å². The second kappa shape index (κ2) is 10.6. The number of hydrogen-bond acceptors (Lipinski definition) is 9. The topological polar surface area (TPSA) is 147 Å². The third-order valence-electron chi connectivity index (χ3n) is 8.07. The van der Waals surface area contributed by atoms with E-state index in [4.69, 9.17) is 26.4 Å². The van der Waals surface area contributed by atoms with E-state index >= 15 is 0 Å². The highest BCUT2D eigenvalue weighted by atomic mass is 16.5. The van der Waals surface area contributed by atoms with Gasteiger partial charge in [0, 0.05) is 35.5 Å². The number of nitrogens with one attached hydrogen (secondary N) is 1. The van der Waals surface area contributed by atoms with Gasteiger partial charge in [-0.3, -0.25) is 11.1 Å². The number of nitriles is 1. The molecule has 202 valence electrons. The molecule has 9 nitrogen and oxygen atoms in total. The fraction of sp³-hybridized carbons (Fsp3) is 0.400. The molecule has 0 radical (unpaired) electrons. The smallest absolute Gasteiger partial charge is 0.176 e. The number of rotatable bonds is 6. The van der Waals surface area contributed by atoms with E-state index in [0.29, 0.717) is 39.6 Å². The molecule has 9 heteroatoms. The van der Waals surface area contributed by atoms with Crippen molar-refractivity contribution in [1.82, 2.24) is 15.1 Å². The first-order chi connectivity index (χ1) is 18.7. The maximum atomic E-state index is 10.0. The van der Waals surface area contributed by atoms with Crippen molar-refractivity contribution in [1.29, 1.82) is 10.7 Å². The van der Waals surface area contributed by atoms with E-state index in [1.165, 1.54) is 0 Å². The molecule has 1 saturated heterocycles. The zero-order valence-electron chi connectivity index (χ0n) is 22.8. The van der Waals surface area contributed by atoms with Gasteiger partial charge in [0.2, 0.25) is 0 Å². The Morgan fingerprint density at radius 2 is 2.00 bits per heavy atom. The lowest BCUT2D eigenvalue weighted by atomic mass is 9.82. The zero-order chi connectivity index (χ0) is 27.7. The first-order valence-electron chi connectivity index (χ1n) is 13.4. The number of aryl methyl sites for hydroxylation is 3. The summed E-state index contributed by atoms with van der Waals surface area (Å²) in [4.78, 5) is 2.44. The van der Waals surface area contributed by atoms with Crippen molar-refractivity contribution in [2.24, 2.45) is 5.73 Å². The lowest BCUT2D eigenvalue weighted by Crippen LogP contribution is -2.49. The SMILES string of the molecule is CCN1CCC2(CCc3cc(C(=N)c4cc(O[C@H](N)c5c(C)cnnc5C)ccc4N)cc(C#N)c3O2)CC1. The Bertz CT molecular complexity index is 1430. The van der Waals surface area contributed by atoms with Crippen molar-refractivity contribution in [3.63, 3.8) is 0 Å². The summed E-state index contributed by atoms with van der Waals surface area (Å²) in [6, 6.07) is 11.2. The Morgan fingerprint density at radius 3 is 2.69 bits per heavy atom. The maximum absolute atomic E-state index is 10.0. The second-order valence-corrected chi connectivity index (χ2v) is 10.5. The predicted molar refractivity (Wildman–Crippen MR) is 150 cm³/mol. The normalized spacial score (nSPS) is 17.1. The summed E-state index contributed by atoms with van der Waals surface area (Å²) in [5, 5.41) is 27.1. The molecule has 1 aromatic heterocycles.